The fourth-order valence-corrected chi connectivity index (χ4v) is 2.08. The van der Waals surface area contributed by atoms with Gasteiger partial charge in [-0.3, -0.25) is 4.79 Å². The zero-order chi connectivity index (χ0) is 16.9. The molecule has 0 aliphatic carbocycles. The molecule has 0 saturated heterocycles. The second kappa shape index (κ2) is 7.22. The number of aromatic nitrogens is 1. The van der Waals surface area contributed by atoms with Crippen LogP contribution in [0, 0.1) is 5.82 Å². The van der Waals surface area contributed by atoms with Crippen LogP contribution in [-0.2, 0) is 6.42 Å². The molecule has 1 heterocycles. The van der Waals surface area contributed by atoms with E-state index in [1.54, 1.807) is 30.5 Å². The minimum atomic E-state index is -0.296. The lowest BCUT2D eigenvalue weighted by molar-refractivity contribution is 0.0914. The van der Waals surface area contributed by atoms with Gasteiger partial charge in [-0.05, 0) is 51.0 Å². The van der Waals surface area contributed by atoms with Crippen molar-refractivity contribution in [3.8, 4) is 0 Å². The summed E-state index contributed by atoms with van der Waals surface area (Å²) in [5.74, 6) is -0.392. The highest BCUT2D eigenvalue weighted by Crippen LogP contribution is 2.10. The lowest BCUT2D eigenvalue weighted by Gasteiger charge is -2.20. The minimum Gasteiger partial charge on any atom is -0.383 e. The molecule has 5 heteroatoms. The van der Waals surface area contributed by atoms with E-state index in [9.17, 15) is 9.18 Å². The first kappa shape index (κ1) is 16.9. The van der Waals surface area contributed by atoms with E-state index in [1.807, 2.05) is 26.8 Å². The van der Waals surface area contributed by atoms with Gasteiger partial charge < -0.3 is 10.6 Å². The summed E-state index contributed by atoms with van der Waals surface area (Å²) in [6, 6.07) is 10.2. The smallest absolute Gasteiger partial charge is 0.270 e. The molecular formula is C18H22FN3O. The SMILES string of the molecule is CC(C)(C)NC(=O)c1ccc(NCCc2ccccc2F)cn1. The summed E-state index contributed by atoms with van der Waals surface area (Å²) < 4.78 is 13.5. The van der Waals surface area contributed by atoms with E-state index >= 15 is 0 Å². The van der Waals surface area contributed by atoms with E-state index in [1.165, 1.54) is 6.07 Å². The normalized spacial score (nSPS) is 11.1. The van der Waals surface area contributed by atoms with Crippen molar-refractivity contribution >= 4 is 11.6 Å². The summed E-state index contributed by atoms with van der Waals surface area (Å²) in [5.41, 5.74) is 1.55. The fourth-order valence-electron chi connectivity index (χ4n) is 2.08. The predicted octanol–water partition coefficient (Wildman–Crippen LogP) is 3.40. The van der Waals surface area contributed by atoms with Crippen LogP contribution in [0.15, 0.2) is 42.6 Å². The summed E-state index contributed by atoms with van der Waals surface area (Å²) in [5, 5.41) is 6.04. The molecule has 1 aromatic heterocycles. The van der Waals surface area contributed by atoms with Gasteiger partial charge in [-0.25, -0.2) is 9.37 Å². The Morgan fingerprint density at radius 3 is 2.52 bits per heavy atom. The first-order valence-electron chi connectivity index (χ1n) is 7.61. The summed E-state index contributed by atoms with van der Waals surface area (Å²) >= 11 is 0. The van der Waals surface area contributed by atoms with Crippen molar-refractivity contribution in [3.05, 3.63) is 59.7 Å². The van der Waals surface area contributed by atoms with Crippen molar-refractivity contribution in [2.45, 2.75) is 32.7 Å². The molecule has 0 radical (unpaired) electrons. The number of nitrogens with zero attached hydrogens (tertiary/aromatic N) is 1. The number of pyridine rings is 1. The molecule has 23 heavy (non-hydrogen) atoms. The van der Waals surface area contributed by atoms with Gasteiger partial charge >= 0.3 is 0 Å². The molecule has 0 saturated carbocycles. The molecule has 1 amide bonds. The highest BCUT2D eigenvalue weighted by Gasteiger charge is 2.15. The van der Waals surface area contributed by atoms with E-state index in [4.69, 9.17) is 0 Å². The molecule has 2 rings (SSSR count). The third kappa shape index (κ3) is 5.36. The highest BCUT2D eigenvalue weighted by molar-refractivity contribution is 5.92. The van der Waals surface area contributed by atoms with Gasteiger partial charge in [-0.1, -0.05) is 18.2 Å². The van der Waals surface area contributed by atoms with Crippen LogP contribution in [0.3, 0.4) is 0 Å². The van der Waals surface area contributed by atoms with Gasteiger partial charge in [0.2, 0.25) is 0 Å². The summed E-state index contributed by atoms with van der Waals surface area (Å²) in [6.07, 6.45) is 2.19. The van der Waals surface area contributed by atoms with E-state index in [-0.39, 0.29) is 17.3 Å². The Hall–Kier alpha value is -2.43. The van der Waals surface area contributed by atoms with Crippen LogP contribution in [0.4, 0.5) is 10.1 Å². The van der Waals surface area contributed by atoms with Crippen LogP contribution in [-0.4, -0.2) is 23.0 Å². The zero-order valence-electron chi connectivity index (χ0n) is 13.7. The maximum Gasteiger partial charge on any atom is 0.270 e. The summed E-state index contributed by atoms with van der Waals surface area (Å²) in [4.78, 5) is 16.1. The predicted molar refractivity (Wildman–Crippen MR) is 90.0 cm³/mol. The number of carbonyl (C=O) groups excluding carboxylic acids is 1. The monoisotopic (exact) mass is 315 g/mol. The van der Waals surface area contributed by atoms with Crippen molar-refractivity contribution in [2.75, 3.05) is 11.9 Å². The first-order valence-corrected chi connectivity index (χ1v) is 7.61. The lowest BCUT2D eigenvalue weighted by atomic mass is 10.1. The van der Waals surface area contributed by atoms with Gasteiger partial charge in [0.25, 0.3) is 5.91 Å². The van der Waals surface area contributed by atoms with Crippen molar-refractivity contribution in [3.63, 3.8) is 0 Å². The van der Waals surface area contributed by atoms with Crippen LogP contribution in [0.25, 0.3) is 0 Å². The molecule has 1 aromatic carbocycles. The number of hydrogen-bond donors (Lipinski definition) is 2. The van der Waals surface area contributed by atoms with Crippen LogP contribution < -0.4 is 10.6 Å². The fraction of sp³-hybridized carbons (Fsp3) is 0.333. The number of rotatable bonds is 5. The van der Waals surface area contributed by atoms with E-state index in [0.717, 1.165) is 5.69 Å². The number of halogens is 1. The standard InChI is InChI=1S/C18H22FN3O/c1-18(2,3)22-17(23)16-9-8-14(12-21-16)20-11-10-13-6-4-5-7-15(13)19/h4-9,12,20H,10-11H2,1-3H3,(H,22,23). The van der Waals surface area contributed by atoms with Gasteiger partial charge in [0.1, 0.15) is 11.5 Å². The second-order valence-corrected chi connectivity index (χ2v) is 6.40. The largest absolute Gasteiger partial charge is 0.383 e. The first-order chi connectivity index (χ1) is 10.8. The molecule has 0 fully saturated rings. The van der Waals surface area contributed by atoms with Gasteiger partial charge in [-0.15, -0.1) is 0 Å². The molecule has 0 atom stereocenters. The molecule has 122 valence electrons. The topological polar surface area (TPSA) is 54.0 Å². The summed E-state index contributed by atoms with van der Waals surface area (Å²) in [6.45, 7) is 6.35. The Bertz CT molecular complexity index is 663. The third-order valence-electron chi connectivity index (χ3n) is 3.17. The van der Waals surface area contributed by atoms with Gasteiger partial charge in [-0.2, -0.15) is 0 Å². The van der Waals surface area contributed by atoms with E-state index in [2.05, 4.69) is 15.6 Å². The van der Waals surface area contributed by atoms with E-state index < -0.39 is 0 Å². The third-order valence-corrected chi connectivity index (χ3v) is 3.17. The van der Waals surface area contributed by atoms with Gasteiger partial charge in [0, 0.05) is 12.1 Å². The zero-order valence-corrected chi connectivity index (χ0v) is 13.7. The van der Waals surface area contributed by atoms with Gasteiger partial charge in [0.05, 0.1) is 11.9 Å². The van der Waals surface area contributed by atoms with Crippen LogP contribution in [0.2, 0.25) is 0 Å². The Balaban J connectivity index is 1.88. The Morgan fingerprint density at radius 2 is 1.91 bits per heavy atom. The Kier molecular flexibility index (Phi) is 5.32. The van der Waals surface area contributed by atoms with Crippen molar-refractivity contribution in [1.29, 1.82) is 0 Å². The van der Waals surface area contributed by atoms with Crippen LogP contribution in [0.5, 0.6) is 0 Å². The highest BCUT2D eigenvalue weighted by atomic mass is 19.1. The van der Waals surface area contributed by atoms with Crippen LogP contribution in [0.1, 0.15) is 36.8 Å². The number of anilines is 1. The number of nitrogens with one attached hydrogen (secondary N) is 2. The second-order valence-electron chi connectivity index (χ2n) is 6.40. The molecule has 2 N–H and O–H groups in total. The number of carbonyl (C=O) groups is 1. The Labute approximate surface area is 136 Å². The Morgan fingerprint density at radius 1 is 1.17 bits per heavy atom. The van der Waals surface area contributed by atoms with Crippen molar-refractivity contribution in [2.24, 2.45) is 0 Å². The average Bonchev–Trinajstić information content (AvgIpc) is 2.48. The number of hydrogen-bond acceptors (Lipinski definition) is 3. The number of benzene rings is 1. The molecule has 2 aromatic rings. The van der Waals surface area contributed by atoms with Crippen molar-refractivity contribution < 1.29 is 9.18 Å². The number of amides is 1. The van der Waals surface area contributed by atoms with Gasteiger partial charge in [0.15, 0.2) is 0 Å². The molecule has 0 aliphatic heterocycles. The molecule has 0 unspecified atom stereocenters. The molecule has 0 spiro atoms. The molecule has 4 nitrogen and oxygen atoms in total. The molecule has 0 aliphatic rings. The minimum absolute atomic E-state index is 0.193. The van der Waals surface area contributed by atoms with Crippen LogP contribution >= 0.6 is 0 Å². The molecular weight excluding hydrogens is 293 g/mol. The van der Waals surface area contributed by atoms with E-state index in [0.29, 0.717) is 24.2 Å². The summed E-state index contributed by atoms with van der Waals surface area (Å²) in [7, 11) is 0. The molecule has 0 bridgehead atoms. The maximum atomic E-state index is 13.5. The lowest BCUT2D eigenvalue weighted by Crippen LogP contribution is -2.40. The van der Waals surface area contributed by atoms with Crippen molar-refractivity contribution in [1.82, 2.24) is 10.3 Å². The maximum absolute atomic E-state index is 13.5. The quantitative estimate of drug-likeness (QED) is 0.889. The average molecular weight is 315 g/mol.